The Morgan fingerprint density at radius 2 is 2.14 bits per heavy atom. The van der Waals surface area contributed by atoms with Crippen molar-refractivity contribution >= 4 is 50.5 Å². The van der Waals surface area contributed by atoms with Gasteiger partial charge in [-0.25, -0.2) is 9.37 Å². The summed E-state index contributed by atoms with van der Waals surface area (Å²) in [6.07, 6.45) is 1.74. The molecule has 0 fully saturated rings. The number of fused-ring (bicyclic) bond motifs is 1. The Kier molecular flexibility index (Phi) is 5.13. The summed E-state index contributed by atoms with van der Waals surface area (Å²) in [6.45, 7) is 0.259. The van der Waals surface area contributed by atoms with E-state index in [-0.39, 0.29) is 30.6 Å². The molecule has 142 valence electrons. The monoisotopic (exact) mass is 415 g/mol. The van der Waals surface area contributed by atoms with Gasteiger partial charge in [0.15, 0.2) is 5.01 Å². The Hall–Kier alpha value is -3.11. The molecule has 1 aromatic carbocycles. The first kappa shape index (κ1) is 18.3. The minimum absolute atomic E-state index is 0.175. The van der Waals surface area contributed by atoms with E-state index in [0.717, 1.165) is 10.3 Å². The number of halogens is 1. The van der Waals surface area contributed by atoms with Crippen LogP contribution in [-0.2, 0) is 17.8 Å². The smallest absolute Gasteiger partial charge is 0.285 e. The Balaban J connectivity index is 1.40. The number of thiophene rings is 1. The van der Waals surface area contributed by atoms with Gasteiger partial charge < -0.3 is 10.6 Å². The molecule has 7 nitrogen and oxygen atoms in total. The molecule has 0 aliphatic carbocycles. The molecule has 4 aromatic rings. The van der Waals surface area contributed by atoms with E-state index in [9.17, 15) is 14.0 Å². The molecule has 0 spiro atoms. The lowest BCUT2D eigenvalue weighted by molar-refractivity contribution is -0.120. The molecule has 10 heteroatoms. The van der Waals surface area contributed by atoms with Crippen LogP contribution in [0.4, 0.5) is 10.2 Å². The van der Waals surface area contributed by atoms with Gasteiger partial charge in [-0.3, -0.25) is 14.7 Å². The predicted molar refractivity (Wildman–Crippen MR) is 106 cm³/mol. The van der Waals surface area contributed by atoms with Gasteiger partial charge in [-0.05, 0) is 23.8 Å². The van der Waals surface area contributed by atoms with E-state index >= 15 is 0 Å². The lowest BCUT2D eigenvalue weighted by Crippen LogP contribution is -2.24. The first-order valence-electron chi connectivity index (χ1n) is 8.27. The molecular formula is C18H14FN5O2S2. The Morgan fingerprint density at radius 1 is 1.25 bits per heavy atom. The first-order valence-corrected chi connectivity index (χ1v) is 9.97. The van der Waals surface area contributed by atoms with Gasteiger partial charge >= 0.3 is 0 Å². The maximum absolute atomic E-state index is 13.2. The van der Waals surface area contributed by atoms with Gasteiger partial charge in [-0.1, -0.05) is 12.1 Å². The van der Waals surface area contributed by atoms with Crippen LogP contribution in [0, 0.1) is 5.82 Å². The molecule has 28 heavy (non-hydrogen) atoms. The summed E-state index contributed by atoms with van der Waals surface area (Å²) < 4.78 is 13.2. The molecule has 0 bridgehead atoms. The quantitative estimate of drug-likeness (QED) is 0.450. The van der Waals surface area contributed by atoms with Crippen LogP contribution in [0.25, 0.3) is 10.2 Å². The number of nitrogens with zero attached hydrogens (tertiary/aromatic N) is 2. The third-order valence-electron chi connectivity index (χ3n) is 3.88. The number of carbonyl (C=O) groups is 2. The fraction of sp³-hybridized carbons (Fsp3) is 0.111. The summed E-state index contributed by atoms with van der Waals surface area (Å²) in [5.41, 5.74) is 0.696. The van der Waals surface area contributed by atoms with Crippen LogP contribution in [0.15, 0.2) is 41.9 Å². The van der Waals surface area contributed by atoms with Crippen LogP contribution in [0.5, 0.6) is 0 Å². The number of hydrogen-bond acceptors (Lipinski definition) is 6. The highest BCUT2D eigenvalue weighted by molar-refractivity contribution is 7.18. The molecule has 0 aliphatic rings. The largest absolute Gasteiger partial charge is 0.352 e. The third-order valence-corrected chi connectivity index (χ3v) is 5.68. The van der Waals surface area contributed by atoms with Gasteiger partial charge in [0.25, 0.3) is 5.91 Å². The number of nitrogens with one attached hydrogen (secondary N) is 3. The predicted octanol–water partition coefficient (Wildman–Crippen LogP) is 3.33. The second-order valence-electron chi connectivity index (χ2n) is 5.90. The highest BCUT2D eigenvalue weighted by atomic mass is 32.1. The highest BCUT2D eigenvalue weighted by Gasteiger charge is 2.16. The number of aromatic amines is 1. The molecular weight excluding hydrogens is 401 g/mol. The van der Waals surface area contributed by atoms with Gasteiger partial charge in [0.05, 0.1) is 11.8 Å². The minimum Gasteiger partial charge on any atom is -0.352 e. The SMILES string of the molecule is O=C(Cc1cc2c(NC(=O)c3nccs3)[nH]nc2s1)NCc1cccc(F)c1. The van der Waals surface area contributed by atoms with Crippen LogP contribution in [0.3, 0.4) is 0 Å². The van der Waals surface area contributed by atoms with E-state index in [1.165, 1.54) is 34.8 Å². The maximum atomic E-state index is 13.2. The van der Waals surface area contributed by atoms with Crippen molar-refractivity contribution in [2.45, 2.75) is 13.0 Å². The van der Waals surface area contributed by atoms with Crippen molar-refractivity contribution in [3.05, 3.63) is 63.2 Å². The van der Waals surface area contributed by atoms with Crippen molar-refractivity contribution in [1.82, 2.24) is 20.5 Å². The molecule has 2 amide bonds. The molecule has 0 aliphatic heterocycles. The van der Waals surface area contributed by atoms with Crippen molar-refractivity contribution in [3.8, 4) is 0 Å². The zero-order valence-electron chi connectivity index (χ0n) is 14.4. The number of carbonyl (C=O) groups excluding carboxylic acids is 2. The summed E-state index contributed by atoms with van der Waals surface area (Å²) in [7, 11) is 0. The van der Waals surface area contributed by atoms with Crippen LogP contribution in [-0.4, -0.2) is 27.0 Å². The van der Waals surface area contributed by atoms with E-state index in [1.807, 2.05) is 6.07 Å². The molecule has 3 heterocycles. The molecule has 0 saturated heterocycles. The van der Waals surface area contributed by atoms with E-state index < -0.39 is 0 Å². The summed E-state index contributed by atoms with van der Waals surface area (Å²) in [5, 5.41) is 15.3. The van der Waals surface area contributed by atoms with Crippen molar-refractivity contribution in [2.24, 2.45) is 0 Å². The second kappa shape index (κ2) is 7.87. The zero-order valence-corrected chi connectivity index (χ0v) is 16.0. The minimum atomic E-state index is -0.335. The maximum Gasteiger partial charge on any atom is 0.285 e. The Bertz CT molecular complexity index is 1140. The molecule has 3 aromatic heterocycles. The topological polar surface area (TPSA) is 99.8 Å². The summed E-state index contributed by atoms with van der Waals surface area (Å²) in [4.78, 5) is 29.8. The number of anilines is 1. The lowest BCUT2D eigenvalue weighted by Gasteiger charge is -2.04. The molecule has 0 saturated carbocycles. The van der Waals surface area contributed by atoms with Crippen molar-refractivity contribution in [3.63, 3.8) is 0 Å². The van der Waals surface area contributed by atoms with Crippen LogP contribution >= 0.6 is 22.7 Å². The zero-order chi connectivity index (χ0) is 19.5. The van der Waals surface area contributed by atoms with Gasteiger partial charge in [0, 0.05) is 23.0 Å². The average molecular weight is 415 g/mol. The van der Waals surface area contributed by atoms with Crippen LogP contribution < -0.4 is 10.6 Å². The molecule has 0 radical (unpaired) electrons. The van der Waals surface area contributed by atoms with Gasteiger partial charge in [0.1, 0.15) is 16.5 Å². The number of thiazole rings is 1. The first-order chi connectivity index (χ1) is 13.6. The standard InChI is InChI=1S/C18H14FN5O2S2/c19-11-3-1-2-10(6-11)9-21-14(25)8-12-7-13-15(23-24-17(13)28-12)22-16(26)18-20-4-5-27-18/h1-7H,8-9H2,(H,21,25)(H2,22,23,24,26). The highest BCUT2D eigenvalue weighted by Crippen LogP contribution is 2.29. The molecule has 0 unspecified atom stereocenters. The molecule has 4 rings (SSSR count). The molecule has 0 atom stereocenters. The van der Waals surface area contributed by atoms with Crippen molar-refractivity contribution in [1.29, 1.82) is 0 Å². The van der Waals surface area contributed by atoms with E-state index in [4.69, 9.17) is 0 Å². The summed E-state index contributed by atoms with van der Waals surface area (Å²) in [6, 6.07) is 7.92. The van der Waals surface area contributed by atoms with E-state index in [0.29, 0.717) is 21.2 Å². The fourth-order valence-electron chi connectivity index (χ4n) is 2.61. The average Bonchev–Trinajstić information content (AvgIpc) is 3.39. The van der Waals surface area contributed by atoms with Crippen molar-refractivity contribution in [2.75, 3.05) is 5.32 Å². The van der Waals surface area contributed by atoms with Gasteiger partial charge in [0.2, 0.25) is 5.91 Å². The van der Waals surface area contributed by atoms with E-state index in [2.05, 4.69) is 25.8 Å². The normalized spacial score (nSPS) is 10.9. The molecule has 3 N–H and O–H groups in total. The van der Waals surface area contributed by atoms with E-state index in [1.54, 1.807) is 23.7 Å². The Labute approximate surface area is 166 Å². The summed E-state index contributed by atoms with van der Waals surface area (Å²) >= 11 is 2.61. The Morgan fingerprint density at radius 3 is 2.93 bits per heavy atom. The number of rotatable bonds is 6. The van der Waals surface area contributed by atoms with Gasteiger partial charge in [-0.15, -0.1) is 22.7 Å². The number of hydrogen-bond donors (Lipinski definition) is 3. The number of amides is 2. The van der Waals surface area contributed by atoms with Crippen LogP contribution in [0.2, 0.25) is 0 Å². The fourth-order valence-corrected chi connectivity index (χ4v) is 4.13. The number of benzene rings is 1. The second-order valence-corrected chi connectivity index (χ2v) is 7.91. The number of aromatic nitrogens is 3. The van der Waals surface area contributed by atoms with Crippen LogP contribution in [0.1, 0.15) is 20.2 Å². The summed E-state index contributed by atoms with van der Waals surface area (Å²) in [5.74, 6) is -0.358. The lowest BCUT2D eigenvalue weighted by atomic mass is 10.2. The number of H-pyrrole nitrogens is 1. The van der Waals surface area contributed by atoms with Crippen molar-refractivity contribution < 1.29 is 14.0 Å². The van der Waals surface area contributed by atoms with Gasteiger partial charge in [-0.2, -0.15) is 5.10 Å². The third kappa shape index (κ3) is 4.07.